The van der Waals surface area contributed by atoms with E-state index in [0.29, 0.717) is 10.7 Å². The molecule has 0 radical (unpaired) electrons. The van der Waals surface area contributed by atoms with Crippen LogP contribution in [0.1, 0.15) is 44.1 Å². The van der Waals surface area contributed by atoms with Gasteiger partial charge >= 0.3 is 0 Å². The van der Waals surface area contributed by atoms with Crippen LogP contribution < -0.4 is 10.6 Å². The standard InChI is InChI=1S/C16H21N3S/c17-11-13-7-9-15(10-8-13)19-16(20)18-12-14-5-3-1-2-4-6-14/h7-10,14H,1-6,12H2,(H2,18,19,20). The number of rotatable bonds is 3. The minimum Gasteiger partial charge on any atom is -0.362 e. The number of hydrogen-bond acceptors (Lipinski definition) is 2. The summed E-state index contributed by atoms with van der Waals surface area (Å²) in [5.41, 5.74) is 1.58. The average Bonchev–Trinajstić information content (AvgIpc) is 2.74. The minimum absolute atomic E-state index is 0.660. The average molecular weight is 287 g/mol. The van der Waals surface area contributed by atoms with Gasteiger partial charge in [0.2, 0.25) is 0 Å². The van der Waals surface area contributed by atoms with Crippen molar-refractivity contribution in [3.05, 3.63) is 29.8 Å². The number of hydrogen-bond donors (Lipinski definition) is 2. The Morgan fingerprint density at radius 3 is 2.40 bits per heavy atom. The maximum atomic E-state index is 8.75. The van der Waals surface area contributed by atoms with E-state index < -0.39 is 0 Å². The van der Waals surface area contributed by atoms with Crippen molar-refractivity contribution in [1.29, 1.82) is 5.26 Å². The number of thiocarbonyl (C=S) groups is 1. The van der Waals surface area contributed by atoms with Crippen molar-refractivity contribution in [2.75, 3.05) is 11.9 Å². The zero-order valence-corrected chi connectivity index (χ0v) is 12.5. The van der Waals surface area contributed by atoms with Crippen LogP contribution in [-0.2, 0) is 0 Å². The van der Waals surface area contributed by atoms with Gasteiger partial charge in [-0.1, -0.05) is 25.7 Å². The molecule has 1 aromatic rings. The molecule has 106 valence electrons. The summed E-state index contributed by atoms with van der Waals surface area (Å²) in [5.74, 6) is 0.748. The molecule has 1 aliphatic carbocycles. The van der Waals surface area contributed by atoms with E-state index in [0.717, 1.165) is 18.2 Å². The normalized spacial score (nSPS) is 15.9. The maximum absolute atomic E-state index is 8.75. The lowest BCUT2D eigenvalue weighted by molar-refractivity contribution is 0.455. The van der Waals surface area contributed by atoms with E-state index in [1.807, 2.05) is 12.1 Å². The molecule has 1 fully saturated rings. The van der Waals surface area contributed by atoms with Gasteiger partial charge in [-0.2, -0.15) is 5.26 Å². The summed E-state index contributed by atoms with van der Waals surface area (Å²) in [6.07, 6.45) is 8.08. The molecule has 1 aromatic carbocycles. The summed E-state index contributed by atoms with van der Waals surface area (Å²) in [6, 6.07) is 9.43. The Balaban J connectivity index is 1.75. The summed E-state index contributed by atoms with van der Waals surface area (Å²) < 4.78 is 0. The van der Waals surface area contributed by atoms with Gasteiger partial charge in [0.1, 0.15) is 0 Å². The van der Waals surface area contributed by atoms with Crippen LogP contribution in [0.2, 0.25) is 0 Å². The Kier molecular flexibility index (Phi) is 5.82. The third-order valence-corrected chi connectivity index (χ3v) is 4.04. The largest absolute Gasteiger partial charge is 0.362 e. The lowest BCUT2D eigenvalue weighted by Crippen LogP contribution is -2.32. The van der Waals surface area contributed by atoms with E-state index in [4.69, 9.17) is 17.5 Å². The molecular weight excluding hydrogens is 266 g/mol. The molecule has 0 unspecified atom stereocenters. The summed E-state index contributed by atoms with van der Waals surface area (Å²) in [6.45, 7) is 0.960. The van der Waals surface area contributed by atoms with E-state index in [1.54, 1.807) is 12.1 Å². The highest BCUT2D eigenvalue weighted by molar-refractivity contribution is 7.80. The van der Waals surface area contributed by atoms with Gasteiger partial charge in [0.15, 0.2) is 5.11 Å². The maximum Gasteiger partial charge on any atom is 0.170 e. The highest BCUT2D eigenvalue weighted by Gasteiger charge is 2.12. The Bertz CT molecular complexity index is 467. The molecule has 2 N–H and O–H groups in total. The van der Waals surface area contributed by atoms with Crippen LogP contribution in [0.3, 0.4) is 0 Å². The molecule has 4 heteroatoms. The number of nitriles is 1. The molecule has 1 aliphatic rings. The second kappa shape index (κ2) is 7.86. The highest BCUT2D eigenvalue weighted by atomic mass is 32.1. The van der Waals surface area contributed by atoms with Gasteiger partial charge < -0.3 is 10.6 Å². The zero-order valence-electron chi connectivity index (χ0n) is 11.7. The van der Waals surface area contributed by atoms with Crippen molar-refractivity contribution >= 4 is 23.0 Å². The van der Waals surface area contributed by atoms with Crippen molar-refractivity contribution in [2.24, 2.45) is 5.92 Å². The van der Waals surface area contributed by atoms with Crippen molar-refractivity contribution in [1.82, 2.24) is 5.32 Å². The van der Waals surface area contributed by atoms with Crippen LogP contribution in [0.25, 0.3) is 0 Å². The Morgan fingerprint density at radius 2 is 1.80 bits per heavy atom. The van der Waals surface area contributed by atoms with Crippen molar-refractivity contribution in [2.45, 2.75) is 38.5 Å². The van der Waals surface area contributed by atoms with E-state index >= 15 is 0 Å². The van der Waals surface area contributed by atoms with Crippen molar-refractivity contribution in [3.63, 3.8) is 0 Å². The molecule has 2 rings (SSSR count). The molecule has 0 aromatic heterocycles. The Labute approximate surface area is 126 Å². The van der Waals surface area contributed by atoms with E-state index in [2.05, 4.69) is 16.7 Å². The highest BCUT2D eigenvalue weighted by Crippen LogP contribution is 2.22. The lowest BCUT2D eigenvalue weighted by Gasteiger charge is -2.17. The van der Waals surface area contributed by atoms with E-state index in [1.165, 1.54) is 38.5 Å². The summed E-state index contributed by atoms with van der Waals surface area (Å²) in [7, 11) is 0. The molecule has 0 heterocycles. The van der Waals surface area contributed by atoms with E-state index in [-0.39, 0.29) is 0 Å². The lowest BCUT2D eigenvalue weighted by atomic mass is 10.0. The van der Waals surface area contributed by atoms with Crippen LogP contribution in [0, 0.1) is 17.2 Å². The van der Waals surface area contributed by atoms with Gasteiger partial charge in [-0.05, 0) is 55.2 Å². The van der Waals surface area contributed by atoms with Gasteiger partial charge in [-0.15, -0.1) is 0 Å². The summed E-state index contributed by atoms with van der Waals surface area (Å²) >= 11 is 5.31. The smallest absolute Gasteiger partial charge is 0.170 e. The van der Waals surface area contributed by atoms with E-state index in [9.17, 15) is 0 Å². The van der Waals surface area contributed by atoms with Crippen LogP contribution >= 0.6 is 12.2 Å². The van der Waals surface area contributed by atoms with Crippen molar-refractivity contribution < 1.29 is 0 Å². The fraction of sp³-hybridized carbons (Fsp3) is 0.500. The Morgan fingerprint density at radius 1 is 1.15 bits per heavy atom. The van der Waals surface area contributed by atoms with Crippen LogP contribution in [0.4, 0.5) is 5.69 Å². The predicted molar refractivity (Wildman–Crippen MR) is 86.6 cm³/mol. The monoisotopic (exact) mass is 287 g/mol. The van der Waals surface area contributed by atoms with Crippen LogP contribution in [0.15, 0.2) is 24.3 Å². The fourth-order valence-corrected chi connectivity index (χ4v) is 2.81. The topological polar surface area (TPSA) is 47.9 Å². The number of nitrogens with one attached hydrogen (secondary N) is 2. The molecule has 0 bridgehead atoms. The van der Waals surface area contributed by atoms with Gasteiger partial charge in [0, 0.05) is 12.2 Å². The second-order valence-corrected chi connectivity index (χ2v) is 5.79. The molecular formula is C16H21N3S. The first-order valence-electron chi connectivity index (χ1n) is 7.33. The second-order valence-electron chi connectivity index (χ2n) is 5.38. The number of nitrogens with zero attached hydrogens (tertiary/aromatic N) is 1. The van der Waals surface area contributed by atoms with Crippen LogP contribution in [0.5, 0.6) is 0 Å². The SMILES string of the molecule is N#Cc1ccc(NC(=S)NCC2CCCCCC2)cc1. The molecule has 0 atom stereocenters. The molecule has 0 amide bonds. The third-order valence-electron chi connectivity index (χ3n) is 3.80. The van der Waals surface area contributed by atoms with Crippen molar-refractivity contribution in [3.8, 4) is 6.07 Å². The minimum atomic E-state index is 0.660. The third kappa shape index (κ3) is 4.82. The molecule has 0 spiro atoms. The Hall–Kier alpha value is -1.60. The quantitative estimate of drug-likeness (QED) is 0.655. The van der Waals surface area contributed by atoms with Gasteiger partial charge in [0.25, 0.3) is 0 Å². The molecule has 1 saturated carbocycles. The fourth-order valence-electron chi connectivity index (χ4n) is 2.61. The zero-order chi connectivity index (χ0) is 14.2. The van der Waals surface area contributed by atoms with Gasteiger partial charge in [-0.25, -0.2) is 0 Å². The first-order chi connectivity index (χ1) is 9.78. The summed E-state index contributed by atoms with van der Waals surface area (Å²) in [4.78, 5) is 0. The molecule has 3 nitrogen and oxygen atoms in total. The summed E-state index contributed by atoms with van der Waals surface area (Å²) in [5, 5.41) is 15.9. The van der Waals surface area contributed by atoms with Gasteiger partial charge in [0.05, 0.1) is 11.6 Å². The van der Waals surface area contributed by atoms with Gasteiger partial charge in [-0.3, -0.25) is 0 Å². The first-order valence-corrected chi connectivity index (χ1v) is 7.74. The van der Waals surface area contributed by atoms with Crippen LogP contribution in [-0.4, -0.2) is 11.7 Å². The first kappa shape index (κ1) is 14.8. The molecule has 20 heavy (non-hydrogen) atoms. The predicted octanol–water partition coefficient (Wildman–Crippen LogP) is 3.82. The number of benzene rings is 1. The number of anilines is 1. The molecule has 0 saturated heterocycles. The molecule has 0 aliphatic heterocycles.